The first-order chi connectivity index (χ1) is 12.2. The zero-order chi connectivity index (χ0) is 17.2. The van der Waals surface area contributed by atoms with Crippen molar-refractivity contribution in [2.24, 2.45) is 0 Å². The number of fused-ring (bicyclic) bond motifs is 1. The van der Waals surface area contributed by atoms with Crippen molar-refractivity contribution in [3.05, 3.63) is 77.9 Å². The first-order valence-electron chi connectivity index (χ1n) is 8.52. The van der Waals surface area contributed by atoms with Crippen LogP contribution in [0.15, 0.2) is 66.7 Å². The maximum atomic E-state index is 4.64. The maximum absolute atomic E-state index is 4.64. The Hall–Kier alpha value is -3.14. The number of nitrogens with zero attached hydrogens (tertiary/aromatic N) is 3. The molecule has 0 bridgehead atoms. The Bertz CT molecular complexity index is 998. The summed E-state index contributed by atoms with van der Waals surface area (Å²) >= 11 is 0. The number of hydrogen-bond donors (Lipinski definition) is 1. The lowest BCUT2D eigenvalue weighted by Gasteiger charge is -2.04. The normalized spacial score (nSPS) is 11.0. The Labute approximate surface area is 147 Å². The molecule has 2 aromatic carbocycles. The van der Waals surface area contributed by atoms with Gasteiger partial charge in [0, 0.05) is 11.3 Å². The fourth-order valence-electron chi connectivity index (χ4n) is 2.85. The van der Waals surface area contributed by atoms with Gasteiger partial charge in [0.15, 0.2) is 5.65 Å². The molecule has 0 radical (unpaired) electrons. The van der Waals surface area contributed by atoms with Crippen LogP contribution in [-0.4, -0.2) is 14.6 Å². The lowest BCUT2D eigenvalue weighted by molar-refractivity contribution is 0.973. The van der Waals surface area contributed by atoms with Gasteiger partial charge in [-0.25, -0.2) is 4.52 Å². The van der Waals surface area contributed by atoms with Crippen LogP contribution in [0.1, 0.15) is 18.1 Å². The van der Waals surface area contributed by atoms with E-state index < -0.39 is 0 Å². The smallest absolute Gasteiger partial charge is 0.247 e. The van der Waals surface area contributed by atoms with E-state index in [2.05, 4.69) is 83.8 Å². The molecule has 0 saturated heterocycles. The van der Waals surface area contributed by atoms with Gasteiger partial charge in [0.05, 0.1) is 5.69 Å². The molecule has 4 nitrogen and oxygen atoms in total. The molecule has 0 unspecified atom stereocenters. The molecule has 4 rings (SSSR count). The Kier molecular flexibility index (Phi) is 3.94. The molecule has 0 atom stereocenters. The molecule has 0 aliphatic carbocycles. The summed E-state index contributed by atoms with van der Waals surface area (Å²) in [5, 5.41) is 7.93. The zero-order valence-electron chi connectivity index (χ0n) is 14.4. The summed E-state index contributed by atoms with van der Waals surface area (Å²) in [5.74, 6) is 0.601. The molecule has 0 fully saturated rings. The molecular formula is C21H20N4. The van der Waals surface area contributed by atoms with Crippen LogP contribution in [-0.2, 0) is 6.42 Å². The van der Waals surface area contributed by atoms with Gasteiger partial charge < -0.3 is 5.32 Å². The van der Waals surface area contributed by atoms with E-state index in [9.17, 15) is 0 Å². The highest BCUT2D eigenvalue weighted by atomic mass is 15.4. The largest absolute Gasteiger partial charge is 0.323 e. The number of aryl methyl sites for hydroxylation is 2. The molecule has 0 spiro atoms. The molecule has 0 amide bonds. The lowest BCUT2D eigenvalue weighted by atomic mass is 10.1. The van der Waals surface area contributed by atoms with Gasteiger partial charge in [-0.05, 0) is 43.2 Å². The summed E-state index contributed by atoms with van der Waals surface area (Å²) in [6.07, 6.45) is 1.03. The fraction of sp³-hybridized carbons (Fsp3) is 0.143. The van der Waals surface area contributed by atoms with E-state index in [-0.39, 0.29) is 0 Å². The third-order valence-electron chi connectivity index (χ3n) is 4.33. The van der Waals surface area contributed by atoms with Gasteiger partial charge in [-0.15, -0.1) is 5.10 Å². The van der Waals surface area contributed by atoms with E-state index in [0.29, 0.717) is 5.95 Å². The standard InChI is InChI=1S/C21H20N4/c1-3-16-9-13-18(14-10-16)22-21-23-20-6-4-5-19(25(20)24-21)17-11-7-15(2)8-12-17/h4-14H,3H2,1-2H3,(H,22,24). The average molecular weight is 328 g/mol. The number of hydrogen-bond acceptors (Lipinski definition) is 3. The first-order valence-corrected chi connectivity index (χ1v) is 8.52. The predicted molar refractivity (Wildman–Crippen MR) is 102 cm³/mol. The summed E-state index contributed by atoms with van der Waals surface area (Å²) in [5.41, 5.74) is 6.53. The molecular weight excluding hydrogens is 308 g/mol. The minimum absolute atomic E-state index is 0.601. The van der Waals surface area contributed by atoms with Gasteiger partial charge in [-0.2, -0.15) is 4.98 Å². The van der Waals surface area contributed by atoms with Crippen molar-refractivity contribution in [2.75, 3.05) is 5.32 Å². The average Bonchev–Trinajstić information content (AvgIpc) is 3.05. The van der Waals surface area contributed by atoms with Gasteiger partial charge in [-0.3, -0.25) is 0 Å². The molecule has 124 valence electrons. The van der Waals surface area contributed by atoms with Crippen molar-refractivity contribution in [3.8, 4) is 11.3 Å². The zero-order valence-corrected chi connectivity index (χ0v) is 14.4. The fourth-order valence-corrected chi connectivity index (χ4v) is 2.85. The van der Waals surface area contributed by atoms with Crippen LogP contribution in [0, 0.1) is 6.92 Å². The quantitative estimate of drug-likeness (QED) is 0.572. The van der Waals surface area contributed by atoms with E-state index >= 15 is 0 Å². The Balaban J connectivity index is 1.70. The molecule has 1 N–H and O–H groups in total. The molecule has 2 aromatic heterocycles. The summed E-state index contributed by atoms with van der Waals surface area (Å²) in [4.78, 5) is 4.60. The Morgan fingerprint density at radius 1 is 0.920 bits per heavy atom. The van der Waals surface area contributed by atoms with E-state index in [4.69, 9.17) is 0 Å². The minimum atomic E-state index is 0.601. The summed E-state index contributed by atoms with van der Waals surface area (Å²) in [6, 6.07) is 22.9. The van der Waals surface area contributed by atoms with Crippen molar-refractivity contribution >= 4 is 17.3 Å². The van der Waals surface area contributed by atoms with E-state index in [1.165, 1.54) is 11.1 Å². The van der Waals surface area contributed by atoms with Crippen LogP contribution in [0.5, 0.6) is 0 Å². The molecule has 25 heavy (non-hydrogen) atoms. The van der Waals surface area contributed by atoms with Crippen LogP contribution < -0.4 is 5.32 Å². The number of nitrogens with one attached hydrogen (secondary N) is 1. The second-order valence-electron chi connectivity index (χ2n) is 6.16. The van der Waals surface area contributed by atoms with Crippen molar-refractivity contribution in [1.29, 1.82) is 0 Å². The highest BCUT2D eigenvalue weighted by Gasteiger charge is 2.09. The second-order valence-corrected chi connectivity index (χ2v) is 6.16. The molecule has 4 aromatic rings. The van der Waals surface area contributed by atoms with Crippen LogP contribution >= 0.6 is 0 Å². The van der Waals surface area contributed by atoms with Gasteiger partial charge in [0.25, 0.3) is 0 Å². The third kappa shape index (κ3) is 3.11. The number of rotatable bonds is 4. The van der Waals surface area contributed by atoms with Gasteiger partial charge in [-0.1, -0.05) is 55.0 Å². The SMILES string of the molecule is CCc1ccc(Nc2nc3cccc(-c4ccc(C)cc4)n3n2)cc1. The van der Waals surface area contributed by atoms with Crippen LogP contribution in [0.2, 0.25) is 0 Å². The number of anilines is 2. The Morgan fingerprint density at radius 2 is 1.68 bits per heavy atom. The van der Waals surface area contributed by atoms with E-state index in [0.717, 1.165) is 29.0 Å². The van der Waals surface area contributed by atoms with Crippen molar-refractivity contribution in [3.63, 3.8) is 0 Å². The summed E-state index contributed by atoms with van der Waals surface area (Å²) in [7, 11) is 0. The monoisotopic (exact) mass is 328 g/mol. The Morgan fingerprint density at radius 3 is 2.40 bits per heavy atom. The predicted octanol–water partition coefficient (Wildman–Crippen LogP) is 5.01. The highest BCUT2D eigenvalue weighted by Crippen LogP contribution is 2.22. The highest BCUT2D eigenvalue weighted by molar-refractivity contribution is 5.65. The second kappa shape index (κ2) is 6.40. The van der Waals surface area contributed by atoms with Crippen molar-refractivity contribution < 1.29 is 0 Å². The van der Waals surface area contributed by atoms with E-state index in [1.54, 1.807) is 0 Å². The topological polar surface area (TPSA) is 42.2 Å². The van der Waals surface area contributed by atoms with Gasteiger partial charge in [0.2, 0.25) is 5.95 Å². The van der Waals surface area contributed by atoms with E-state index in [1.807, 2.05) is 16.6 Å². The molecule has 0 aliphatic heterocycles. The number of aromatic nitrogens is 3. The lowest BCUT2D eigenvalue weighted by Crippen LogP contribution is -1.96. The van der Waals surface area contributed by atoms with Crippen LogP contribution in [0.3, 0.4) is 0 Å². The number of benzene rings is 2. The van der Waals surface area contributed by atoms with Crippen molar-refractivity contribution in [2.45, 2.75) is 20.3 Å². The van der Waals surface area contributed by atoms with Gasteiger partial charge >= 0.3 is 0 Å². The molecule has 0 aliphatic rings. The van der Waals surface area contributed by atoms with Crippen molar-refractivity contribution in [1.82, 2.24) is 14.6 Å². The summed E-state index contributed by atoms with van der Waals surface area (Å²) in [6.45, 7) is 4.24. The van der Waals surface area contributed by atoms with Gasteiger partial charge in [0.1, 0.15) is 0 Å². The van der Waals surface area contributed by atoms with Crippen LogP contribution in [0.25, 0.3) is 16.9 Å². The minimum Gasteiger partial charge on any atom is -0.323 e. The molecule has 2 heterocycles. The molecule has 4 heteroatoms. The number of pyridine rings is 1. The maximum Gasteiger partial charge on any atom is 0.247 e. The molecule has 0 saturated carbocycles. The van der Waals surface area contributed by atoms with Crippen LogP contribution in [0.4, 0.5) is 11.6 Å². The third-order valence-corrected chi connectivity index (χ3v) is 4.33. The first kappa shape index (κ1) is 15.4. The summed E-state index contributed by atoms with van der Waals surface area (Å²) < 4.78 is 1.88.